The highest BCUT2D eigenvalue weighted by Gasteiger charge is 2.26. The lowest BCUT2D eigenvalue weighted by Gasteiger charge is -2.25. The number of likely N-dealkylation sites (tertiary alicyclic amines) is 1. The summed E-state index contributed by atoms with van der Waals surface area (Å²) >= 11 is 0. The van der Waals surface area contributed by atoms with Crippen LogP contribution in [0.15, 0.2) is 48.5 Å². The Morgan fingerprint density at radius 1 is 0.683 bits per heavy atom. The molecule has 332 valence electrons. The van der Waals surface area contributed by atoms with Crippen LogP contribution in [0.4, 0.5) is 0 Å². The number of aryl methyl sites for hydroxylation is 6. The van der Waals surface area contributed by atoms with Crippen molar-refractivity contribution in [1.29, 1.82) is 0 Å². The standard InChI is InChI=1S/C22H31N3O2.C15H20O2.C9H16N2O3S.ClH/c1-16-20(17(2)24(3)23-16)13-15-25-14-5-6-21(25)19-10-7-18(8-11-19)9-12-22(26)27-4;1-17-15(16)11-8-12-6-9-14(10-7-12)13-4-2-3-5-13;1-7-9(8(2)11(3)10-7)5-6-14-15(4,12)13;/h7-8,10-11,21H,5-6,9,12-15H2,1-4H3;6-7,9-10,13H,2-5,8,11H2,1H3;5-6H2,1-4H3;1H/t21-;;;/m1.../s1. The number of hydrogen-bond acceptors (Lipinski definition) is 10. The molecule has 1 saturated heterocycles. The van der Waals surface area contributed by atoms with Gasteiger partial charge in [0, 0.05) is 57.3 Å². The van der Waals surface area contributed by atoms with Gasteiger partial charge in [-0.25, -0.2) is 0 Å². The molecule has 4 aromatic rings. The minimum absolute atomic E-state index is 0. The van der Waals surface area contributed by atoms with E-state index < -0.39 is 10.1 Å². The molecular formula is C46H68ClN5O7S. The van der Waals surface area contributed by atoms with Gasteiger partial charge in [-0.3, -0.25) is 28.0 Å². The fraction of sp³-hybridized carbons (Fsp3) is 0.565. The molecule has 2 fully saturated rings. The van der Waals surface area contributed by atoms with Gasteiger partial charge in [-0.1, -0.05) is 61.4 Å². The smallest absolute Gasteiger partial charge is 0.305 e. The van der Waals surface area contributed by atoms with Crippen molar-refractivity contribution in [1.82, 2.24) is 24.5 Å². The number of rotatable bonds is 15. The topological polar surface area (TPSA) is 135 Å². The maximum absolute atomic E-state index is 11.3. The maximum Gasteiger partial charge on any atom is 0.305 e. The van der Waals surface area contributed by atoms with E-state index in [1.54, 1.807) is 4.68 Å². The zero-order valence-corrected chi connectivity index (χ0v) is 38.9. The van der Waals surface area contributed by atoms with Crippen molar-refractivity contribution >= 4 is 34.5 Å². The predicted octanol–water partition coefficient (Wildman–Crippen LogP) is 7.95. The molecule has 60 heavy (non-hydrogen) atoms. The molecule has 0 radical (unpaired) electrons. The fourth-order valence-electron chi connectivity index (χ4n) is 8.20. The third kappa shape index (κ3) is 15.5. The average Bonchev–Trinajstić information content (AvgIpc) is 4.02. The monoisotopic (exact) mass is 869 g/mol. The second-order valence-electron chi connectivity index (χ2n) is 15.9. The SMILES string of the molecule is COC(=O)CCc1ccc(C2CCCC2)cc1.COC(=O)CCc1ccc([C@H]2CCCN2CCc2c(C)nn(C)c2C)cc1.Cc1nn(C)c(C)c1CCOS(C)(=O)=O.Cl. The van der Waals surface area contributed by atoms with Crippen LogP contribution in [-0.2, 0) is 73.1 Å². The summed E-state index contributed by atoms with van der Waals surface area (Å²) in [6.07, 6.45) is 13.0. The Balaban J connectivity index is 0.000000253. The number of carbonyl (C=O) groups is 2. The molecule has 6 rings (SSSR count). The molecule has 1 saturated carbocycles. The minimum Gasteiger partial charge on any atom is -0.469 e. The zero-order valence-electron chi connectivity index (χ0n) is 37.3. The van der Waals surface area contributed by atoms with Gasteiger partial charge in [0.2, 0.25) is 0 Å². The normalized spacial score (nSPS) is 15.4. The lowest BCUT2D eigenvalue weighted by molar-refractivity contribution is -0.141. The van der Waals surface area contributed by atoms with Crippen LogP contribution < -0.4 is 0 Å². The van der Waals surface area contributed by atoms with Gasteiger partial charge < -0.3 is 9.47 Å². The molecule has 3 heterocycles. The first-order chi connectivity index (χ1) is 28.1. The van der Waals surface area contributed by atoms with E-state index in [0.717, 1.165) is 67.2 Å². The first-order valence-corrected chi connectivity index (χ1v) is 22.8. The molecular weight excluding hydrogens is 802 g/mol. The molecule has 0 N–H and O–H groups in total. The minimum atomic E-state index is -3.34. The Morgan fingerprint density at radius 2 is 1.15 bits per heavy atom. The van der Waals surface area contributed by atoms with Crippen LogP contribution >= 0.6 is 12.4 Å². The third-order valence-electron chi connectivity index (χ3n) is 11.8. The lowest BCUT2D eigenvalue weighted by atomic mass is 9.96. The summed E-state index contributed by atoms with van der Waals surface area (Å²) in [4.78, 5) is 25.0. The Morgan fingerprint density at radius 3 is 1.58 bits per heavy atom. The summed E-state index contributed by atoms with van der Waals surface area (Å²) in [5, 5.41) is 8.78. The number of esters is 2. The highest BCUT2D eigenvalue weighted by molar-refractivity contribution is 7.85. The highest BCUT2D eigenvalue weighted by Crippen LogP contribution is 2.34. The number of halogens is 1. The van der Waals surface area contributed by atoms with Gasteiger partial charge in [0.05, 0.1) is 38.5 Å². The van der Waals surface area contributed by atoms with Gasteiger partial charge in [0.15, 0.2) is 0 Å². The molecule has 1 aliphatic heterocycles. The van der Waals surface area contributed by atoms with Gasteiger partial charge in [-0.2, -0.15) is 18.6 Å². The van der Waals surface area contributed by atoms with E-state index >= 15 is 0 Å². The van der Waals surface area contributed by atoms with Crippen molar-refractivity contribution in [2.45, 2.75) is 117 Å². The molecule has 0 unspecified atom stereocenters. The second-order valence-corrected chi connectivity index (χ2v) is 17.5. The van der Waals surface area contributed by atoms with E-state index in [9.17, 15) is 18.0 Å². The maximum atomic E-state index is 11.3. The number of methoxy groups -OCH3 is 2. The van der Waals surface area contributed by atoms with E-state index in [0.29, 0.717) is 25.3 Å². The molecule has 2 aliphatic rings. The van der Waals surface area contributed by atoms with Crippen LogP contribution in [0.5, 0.6) is 0 Å². The average molecular weight is 871 g/mol. The van der Waals surface area contributed by atoms with Crippen LogP contribution in [-0.4, -0.2) is 85.0 Å². The van der Waals surface area contributed by atoms with Crippen LogP contribution in [0.3, 0.4) is 0 Å². The van der Waals surface area contributed by atoms with E-state index in [2.05, 4.69) is 86.4 Å². The largest absolute Gasteiger partial charge is 0.469 e. The summed E-state index contributed by atoms with van der Waals surface area (Å²) < 4.78 is 39.3. The van der Waals surface area contributed by atoms with E-state index in [1.807, 2.05) is 32.6 Å². The van der Waals surface area contributed by atoms with Crippen LogP contribution in [0.2, 0.25) is 0 Å². The molecule has 2 aromatic heterocycles. The molecule has 1 atom stereocenters. The third-order valence-corrected chi connectivity index (χ3v) is 12.4. The first kappa shape index (κ1) is 50.3. The van der Waals surface area contributed by atoms with Crippen molar-refractivity contribution in [3.63, 3.8) is 0 Å². The number of carbonyl (C=O) groups excluding carboxylic acids is 2. The Kier molecular flexibility index (Phi) is 20.5. The number of hydrogen-bond donors (Lipinski definition) is 0. The summed E-state index contributed by atoms with van der Waals surface area (Å²) in [5.41, 5.74) is 12.1. The van der Waals surface area contributed by atoms with Gasteiger partial charge in [-0.15, -0.1) is 12.4 Å². The summed E-state index contributed by atoms with van der Waals surface area (Å²) in [6, 6.07) is 18.0. The molecule has 2 aromatic carbocycles. The van der Waals surface area contributed by atoms with E-state index in [4.69, 9.17) is 4.74 Å². The van der Waals surface area contributed by atoms with E-state index in [1.165, 1.54) is 86.3 Å². The molecule has 1 aliphatic carbocycles. The molecule has 0 spiro atoms. The van der Waals surface area contributed by atoms with Crippen LogP contribution in [0.1, 0.15) is 119 Å². The quantitative estimate of drug-likeness (QED) is 0.0856. The van der Waals surface area contributed by atoms with Gasteiger partial charge in [0.1, 0.15) is 0 Å². The Hall–Kier alpha value is -4.04. The molecule has 14 heteroatoms. The van der Waals surface area contributed by atoms with Crippen molar-refractivity contribution < 1.29 is 31.7 Å². The summed E-state index contributed by atoms with van der Waals surface area (Å²) in [7, 11) is 3.42. The van der Waals surface area contributed by atoms with Crippen LogP contribution in [0, 0.1) is 27.7 Å². The van der Waals surface area contributed by atoms with Crippen LogP contribution in [0.25, 0.3) is 0 Å². The highest BCUT2D eigenvalue weighted by atomic mass is 35.5. The van der Waals surface area contributed by atoms with Crippen molar-refractivity contribution in [3.8, 4) is 0 Å². The van der Waals surface area contributed by atoms with E-state index in [-0.39, 0.29) is 31.0 Å². The summed E-state index contributed by atoms with van der Waals surface area (Å²) in [5.74, 6) is 0.483. The van der Waals surface area contributed by atoms with Crippen molar-refractivity contribution in [2.75, 3.05) is 40.2 Å². The summed E-state index contributed by atoms with van der Waals surface area (Å²) in [6.45, 7) is 10.5. The predicted molar refractivity (Wildman–Crippen MR) is 239 cm³/mol. The fourth-order valence-corrected chi connectivity index (χ4v) is 8.59. The number of ether oxygens (including phenoxy) is 2. The lowest BCUT2D eigenvalue weighted by Crippen LogP contribution is -2.26. The van der Waals surface area contributed by atoms with Gasteiger partial charge >= 0.3 is 11.9 Å². The molecule has 0 amide bonds. The number of benzene rings is 2. The zero-order chi connectivity index (χ0) is 43.1. The number of aromatic nitrogens is 4. The van der Waals surface area contributed by atoms with Crippen molar-refractivity contribution in [3.05, 3.63) is 105 Å². The van der Waals surface area contributed by atoms with Gasteiger partial charge in [-0.05, 0) is 118 Å². The first-order valence-electron chi connectivity index (χ1n) is 21.0. The number of nitrogens with zero attached hydrogens (tertiary/aromatic N) is 5. The Bertz CT molecular complexity index is 2060. The van der Waals surface area contributed by atoms with Gasteiger partial charge in [0.25, 0.3) is 10.1 Å². The van der Waals surface area contributed by atoms with Crippen molar-refractivity contribution in [2.24, 2.45) is 14.1 Å². The molecule has 0 bridgehead atoms. The Labute approximate surface area is 364 Å². The second kappa shape index (κ2) is 24.4. The molecule has 12 nitrogen and oxygen atoms in total.